The zero-order chi connectivity index (χ0) is 0. The minimum Gasteiger partial charge on any atom is 0 e. The van der Waals surface area contributed by atoms with E-state index < -0.39 is 0 Å². The van der Waals surface area contributed by atoms with E-state index in [2.05, 4.69) is 0 Å². The summed E-state index contributed by atoms with van der Waals surface area (Å²) in [7, 11) is 0. The van der Waals surface area contributed by atoms with Gasteiger partial charge in [-0.3, -0.25) is 0 Å². The molecule has 0 aromatic carbocycles. The summed E-state index contributed by atoms with van der Waals surface area (Å²) in [6, 6.07) is 0. The van der Waals surface area contributed by atoms with Crippen molar-refractivity contribution in [2.45, 2.75) is 0 Å². The number of rotatable bonds is 0. The Morgan fingerprint density at radius 1 is 1.00 bits per heavy atom. The van der Waals surface area contributed by atoms with Crippen molar-refractivity contribution in [1.82, 2.24) is 0 Å². The summed E-state index contributed by atoms with van der Waals surface area (Å²) in [4.78, 5) is 0. The molecule has 0 aliphatic heterocycles. The van der Waals surface area contributed by atoms with Crippen LogP contribution < -0.4 is 0 Å². The Bertz CT molecular complexity index is 8.00. The Labute approximate surface area is 88.6 Å². The molecule has 0 N–H and O–H groups in total. The van der Waals surface area contributed by atoms with Crippen molar-refractivity contribution in [3.63, 3.8) is 0 Å². The first-order valence-electron chi connectivity index (χ1n) is 0. The molecule has 0 saturated heterocycles. The van der Waals surface area contributed by atoms with Crippen LogP contribution in [0, 0.1) is 0 Å². The van der Waals surface area contributed by atoms with Crippen molar-refractivity contribution in [3.05, 3.63) is 0 Å². The van der Waals surface area contributed by atoms with E-state index in [0.717, 1.165) is 0 Å². The van der Waals surface area contributed by atoms with Crippen LogP contribution in [0.3, 0.4) is 0 Å². The maximum Gasteiger partial charge on any atom is 0 e. The Hall–Kier alpha value is 2.97. The average molecular weight is 463 g/mol. The molecule has 0 heterocycles. The topological polar surface area (TPSA) is 0 Å². The van der Waals surface area contributed by atoms with Gasteiger partial charge in [0.2, 0.25) is 0 Å². The first-order valence-corrected chi connectivity index (χ1v) is 0. The van der Waals surface area contributed by atoms with Gasteiger partial charge in [-0.05, 0) is 0 Å². The third kappa shape index (κ3) is 8.88. The maximum atomic E-state index is 0. The van der Waals surface area contributed by atoms with E-state index in [4.69, 9.17) is 0 Å². The first kappa shape index (κ1) is 28.1. The molecule has 0 aromatic heterocycles. The fourth-order valence-corrected chi connectivity index (χ4v) is 0. The second-order valence-electron chi connectivity index (χ2n) is 0. The van der Waals surface area contributed by atoms with Crippen LogP contribution in [0.15, 0.2) is 0 Å². The van der Waals surface area contributed by atoms with Crippen LogP contribution in [0.4, 0.5) is 0 Å². The van der Waals surface area contributed by atoms with Gasteiger partial charge < -0.3 is 0 Å². The van der Waals surface area contributed by atoms with E-state index >= 15 is 0 Å². The van der Waals surface area contributed by atoms with Gasteiger partial charge in [-0.1, -0.05) is 0 Å². The predicted molar refractivity (Wildman–Crippen MR) is 29.8 cm³/mol. The predicted octanol–water partition coefficient (Wildman–Crippen LogP) is -3.55. The molecule has 28 valence electrons. The summed E-state index contributed by atoms with van der Waals surface area (Å²) < 4.78 is 0. The van der Waals surface area contributed by atoms with Gasteiger partial charge >= 0.3 is 68.6 Å². The number of hydrogen-bond donors (Lipinski definition) is 0. The molecule has 4 heteroatoms. The summed E-state index contributed by atoms with van der Waals surface area (Å²) >= 11 is 0. The Kier molecular flexibility index (Phi) is 118. The summed E-state index contributed by atoms with van der Waals surface area (Å²) in [5.74, 6) is 0. The SMILES string of the molecule is [AsH3].[BiH3].[SbH3].[Ti]. The molecule has 0 spiro atoms. The van der Waals surface area contributed by atoms with Gasteiger partial charge in [-0.25, -0.2) is 0 Å². The van der Waals surface area contributed by atoms with Crippen molar-refractivity contribution in [1.29, 1.82) is 0 Å². The largest absolute Gasteiger partial charge is 0 e. The number of hydrogen-bond acceptors (Lipinski definition) is 0. The minimum atomic E-state index is 0. The van der Waals surface area contributed by atoms with Gasteiger partial charge in [0.15, 0.2) is 0 Å². The van der Waals surface area contributed by atoms with Crippen molar-refractivity contribution in [3.8, 4) is 0 Å². The third-order valence-electron chi connectivity index (χ3n) is 0. The van der Waals surface area contributed by atoms with Crippen LogP contribution in [-0.2, 0) is 21.7 Å². The molecule has 0 aliphatic rings. The van der Waals surface area contributed by atoms with Crippen molar-refractivity contribution < 1.29 is 21.7 Å². The van der Waals surface area contributed by atoms with Crippen LogP contribution >= 0.6 is 0 Å². The van der Waals surface area contributed by atoms with Gasteiger partial charge in [0.05, 0.1) is 0 Å². The van der Waals surface area contributed by atoms with Gasteiger partial charge in [0.25, 0.3) is 0 Å². The van der Waals surface area contributed by atoms with Gasteiger partial charge in [0.1, 0.15) is 0 Å². The van der Waals surface area contributed by atoms with Crippen molar-refractivity contribution in [2.24, 2.45) is 0 Å². The molecule has 0 saturated carbocycles. The van der Waals surface area contributed by atoms with Gasteiger partial charge in [-0.15, -0.1) is 0 Å². The molecular formula is H9AsBiSbTi. The standard InChI is InChI=1S/AsH3.Bi.Sb.Ti.6H/h1H3;;;;;;;;;. The van der Waals surface area contributed by atoms with E-state index in [1.54, 1.807) is 0 Å². The molecule has 0 bridgehead atoms. The molecular weight excluding hydrogens is 454 g/mol. The monoisotopic (exact) mass is 462 g/mol. The quantitative estimate of drug-likeness (QED) is 0.327. The second kappa shape index (κ2) is 16.7. The summed E-state index contributed by atoms with van der Waals surface area (Å²) in [5.41, 5.74) is 0. The van der Waals surface area contributed by atoms with E-state index in [0.29, 0.717) is 0 Å². The minimum absolute atomic E-state index is 0. The molecule has 0 nitrogen and oxygen atoms in total. The maximum absolute atomic E-state index is 0. The molecule has 0 aliphatic carbocycles. The smallest absolute Gasteiger partial charge is 0 e. The Balaban J connectivity index is 0. The average Bonchev–Trinajstić information content (AvgIpc) is 0. The summed E-state index contributed by atoms with van der Waals surface area (Å²) in [6.07, 6.45) is 0. The molecule has 0 radical (unpaired) electrons. The molecule has 0 fully saturated rings. The third-order valence-corrected chi connectivity index (χ3v) is 0. The van der Waals surface area contributed by atoms with E-state index in [1.165, 1.54) is 0 Å². The summed E-state index contributed by atoms with van der Waals surface area (Å²) in [6.45, 7) is 0. The molecule has 4 heavy (non-hydrogen) atoms. The molecule has 0 rings (SSSR count). The Morgan fingerprint density at radius 3 is 1.00 bits per heavy atom. The summed E-state index contributed by atoms with van der Waals surface area (Å²) in [5, 5.41) is 0. The Morgan fingerprint density at radius 2 is 1.00 bits per heavy atom. The molecule has 1 unspecified atom stereocenters. The van der Waals surface area contributed by atoms with E-state index in [1.807, 2.05) is 0 Å². The zero-order valence-corrected chi connectivity index (χ0v) is 16.7. The van der Waals surface area contributed by atoms with Gasteiger partial charge in [-0.2, -0.15) is 0 Å². The van der Waals surface area contributed by atoms with E-state index in [9.17, 15) is 0 Å². The zero-order valence-electron chi connectivity index (χ0n) is 2.62. The van der Waals surface area contributed by atoms with E-state index in [-0.39, 0.29) is 90.3 Å². The van der Waals surface area contributed by atoms with Crippen LogP contribution in [-0.4, -0.2) is 68.6 Å². The molecule has 1 atom stereocenters. The van der Waals surface area contributed by atoms with Crippen LogP contribution in [0.2, 0.25) is 0 Å². The molecule has 0 amide bonds. The fraction of sp³-hybridized carbons (Fsp3) is 0. The van der Waals surface area contributed by atoms with Crippen LogP contribution in [0.25, 0.3) is 0 Å². The fourth-order valence-electron chi connectivity index (χ4n) is 0. The van der Waals surface area contributed by atoms with Crippen molar-refractivity contribution >= 4 is 68.6 Å². The van der Waals surface area contributed by atoms with Crippen molar-refractivity contribution in [2.75, 3.05) is 0 Å². The van der Waals surface area contributed by atoms with Crippen LogP contribution in [0.5, 0.6) is 0 Å². The second-order valence-corrected chi connectivity index (χ2v) is 0. The normalized spacial score (nSPS) is 0. The van der Waals surface area contributed by atoms with Gasteiger partial charge in [0, 0.05) is 21.7 Å². The first-order chi connectivity index (χ1) is 0. The van der Waals surface area contributed by atoms with Crippen LogP contribution in [0.1, 0.15) is 0 Å². The molecule has 0 aromatic rings.